The molecule has 2 saturated heterocycles. The summed E-state index contributed by atoms with van der Waals surface area (Å²) in [6.45, 7) is 12.0. The van der Waals surface area contributed by atoms with Gasteiger partial charge in [-0.15, -0.1) is 0 Å². The molecule has 2 aromatic rings. The van der Waals surface area contributed by atoms with Crippen LogP contribution in [-0.4, -0.2) is 91.5 Å². The van der Waals surface area contributed by atoms with E-state index < -0.39 is 6.10 Å². The minimum atomic E-state index is -0.481. The minimum Gasteiger partial charge on any atom is -0.388 e. The van der Waals surface area contributed by atoms with Gasteiger partial charge in [-0.3, -0.25) is 0 Å². The minimum absolute atomic E-state index is 0.341. The van der Waals surface area contributed by atoms with Gasteiger partial charge in [0.2, 0.25) is 0 Å². The van der Waals surface area contributed by atoms with Crippen LogP contribution in [0.1, 0.15) is 27.7 Å². The third-order valence-corrected chi connectivity index (χ3v) is 3.56. The highest BCUT2D eigenvalue weighted by molar-refractivity contribution is 4.99. The van der Waals surface area contributed by atoms with Crippen LogP contribution in [0.4, 0.5) is 0 Å². The zero-order valence-electron chi connectivity index (χ0n) is 23.8. The van der Waals surface area contributed by atoms with Crippen LogP contribution in [0.15, 0.2) is 72.8 Å². The molecule has 0 aromatic heterocycles. The number of ether oxygens (including phenoxy) is 6. The van der Waals surface area contributed by atoms with Gasteiger partial charge in [0.15, 0.2) is 0 Å². The number of aliphatic hydroxyl groups is 1. The molecule has 2 unspecified atom stereocenters. The molecule has 0 aliphatic carbocycles. The van der Waals surface area contributed by atoms with E-state index in [4.69, 9.17) is 24.1 Å². The van der Waals surface area contributed by atoms with Gasteiger partial charge in [0, 0.05) is 28.4 Å². The Hall–Kier alpha value is -1.84. The molecule has 0 amide bonds. The van der Waals surface area contributed by atoms with Gasteiger partial charge in [0.1, 0.15) is 18.3 Å². The maximum atomic E-state index is 8.80. The maximum Gasteiger partial charge on any atom is 0.104 e. The van der Waals surface area contributed by atoms with Crippen molar-refractivity contribution in [1.29, 1.82) is 0 Å². The molecular weight excluding hydrogens is 460 g/mol. The molecule has 1 N–H and O–H groups in total. The van der Waals surface area contributed by atoms with E-state index in [1.807, 2.05) is 100 Å². The second kappa shape index (κ2) is 35.3. The molecule has 0 radical (unpaired) electrons. The molecule has 210 valence electrons. The van der Waals surface area contributed by atoms with Crippen LogP contribution in [0, 0.1) is 0 Å². The predicted molar refractivity (Wildman–Crippen MR) is 149 cm³/mol. The Kier molecular flexibility index (Phi) is 38.0. The highest BCUT2D eigenvalue weighted by Gasteiger charge is 2.21. The van der Waals surface area contributed by atoms with Gasteiger partial charge in [-0.2, -0.15) is 0 Å². The third-order valence-electron chi connectivity index (χ3n) is 3.56. The van der Waals surface area contributed by atoms with E-state index in [1.54, 1.807) is 28.4 Å². The van der Waals surface area contributed by atoms with Gasteiger partial charge in [0.05, 0.1) is 39.6 Å². The van der Waals surface area contributed by atoms with Crippen molar-refractivity contribution in [3.8, 4) is 0 Å². The molecule has 0 spiro atoms. The van der Waals surface area contributed by atoms with E-state index in [1.165, 1.54) is 0 Å². The van der Waals surface area contributed by atoms with E-state index >= 15 is 0 Å². The van der Waals surface area contributed by atoms with Gasteiger partial charge in [-0.1, -0.05) is 100 Å². The second-order valence-corrected chi connectivity index (χ2v) is 6.70. The summed E-state index contributed by atoms with van der Waals surface area (Å²) in [7, 11) is 6.45. The molecule has 4 rings (SSSR count). The molecule has 0 bridgehead atoms. The van der Waals surface area contributed by atoms with Crippen molar-refractivity contribution < 1.29 is 33.5 Å². The normalized spacial score (nSPS) is 15.5. The molecule has 0 saturated carbocycles. The van der Waals surface area contributed by atoms with Crippen molar-refractivity contribution in [3.05, 3.63) is 72.8 Å². The van der Waals surface area contributed by atoms with Gasteiger partial charge < -0.3 is 33.5 Å². The van der Waals surface area contributed by atoms with E-state index in [-0.39, 0.29) is 0 Å². The third kappa shape index (κ3) is 39.4. The largest absolute Gasteiger partial charge is 0.388 e. The first kappa shape index (κ1) is 38.7. The summed E-state index contributed by atoms with van der Waals surface area (Å²) < 4.78 is 28.4. The summed E-state index contributed by atoms with van der Waals surface area (Å²) in [5.74, 6) is 0. The first-order valence-electron chi connectivity index (χ1n) is 12.5. The summed E-state index contributed by atoms with van der Waals surface area (Å²) in [6.07, 6.45) is 0.370. The summed E-state index contributed by atoms with van der Waals surface area (Å²) in [6, 6.07) is 24.0. The lowest BCUT2D eigenvalue weighted by Gasteiger charge is -2.05. The van der Waals surface area contributed by atoms with Crippen LogP contribution in [-0.2, 0) is 28.4 Å². The summed E-state index contributed by atoms with van der Waals surface area (Å²) >= 11 is 0. The SMILES string of the molecule is CC.CC.COCC(O)COC.COCC1CO1.COCC1CO1.c1ccccc1.c1ccccc1. The fraction of sp³-hybridized carbons (Fsp3) is 0.586. The quantitative estimate of drug-likeness (QED) is 0.491. The summed E-state index contributed by atoms with van der Waals surface area (Å²) in [5, 5.41) is 8.80. The van der Waals surface area contributed by atoms with Crippen molar-refractivity contribution >= 4 is 0 Å². The highest BCUT2D eigenvalue weighted by atomic mass is 16.6. The molecule has 36 heavy (non-hydrogen) atoms. The van der Waals surface area contributed by atoms with Crippen LogP contribution < -0.4 is 0 Å². The van der Waals surface area contributed by atoms with Crippen molar-refractivity contribution in [2.75, 3.05) is 68.1 Å². The average molecular weight is 513 g/mol. The fourth-order valence-electron chi connectivity index (χ4n) is 1.90. The lowest BCUT2D eigenvalue weighted by molar-refractivity contribution is 0.00980. The Morgan fingerprint density at radius 1 is 0.556 bits per heavy atom. The Morgan fingerprint density at radius 3 is 0.889 bits per heavy atom. The van der Waals surface area contributed by atoms with Gasteiger partial charge >= 0.3 is 0 Å². The molecule has 2 aliphatic heterocycles. The average Bonchev–Trinajstić information content (AvgIpc) is 3.88. The Labute approximate surface area is 220 Å². The van der Waals surface area contributed by atoms with Crippen molar-refractivity contribution in [2.45, 2.75) is 46.0 Å². The topological polar surface area (TPSA) is 82.2 Å². The zero-order chi connectivity index (χ0) is 27.7. The van der Waals surface area contributed by atoms with E-state index in [0.717, 1.165) is 26.4 Å². The number of benzene rings is 2. The highest BCUT2D eigenvalue weighted by Crippen LogP contribution is 2.07. The van der Waals surface area contributed by atoms with Crippen LogP contribution in [0.2, 0.25) is 0 Å². The van der Waals surface area contributed by atoms with E-state index in [0.29, 0.717) is 25.4 Å². The first-order valence-corrected chi connectivity index (χ1v) is 12.5. The molecule has 7 heteroatoms. The lowest BCUT2D eigenvalue weighted by atomic mass is 10.4. The van der Waals surface area contributed by atoms with Gasteiger partial charge in [0.25, 0.3) is 0 Å². The fourth-order valence-corrected chi connectivity index (χ4v) is 1.90. The predicted octanol–water partition coefficient (Wildman–Crippen LogP) is 5.13. The monoisotopic (exact) mass is 512 g/mol. The van der Waals surface area contributed by atoms with Crippen molar-refractivity contribution in [1.82, 2.24) is 0 Å². The van der Waals surface area contributed by atoms with Gasteiger partial charge in [-0.25, -0.2) is 0 Å². The van der Waals surface area contributed by atoms with Gasteiger partial charge in [-0.05, 0) is 0 Å². The van der Waals surface area contributed by atoms with Crippen molar-refractivity contribution in [2.24, 2.45) is 0 Å². The molecule has 7 nitrogen and oxygen atoms in total. The van der Waals surface area contributed by atoms with Crippen LogP contribution in [0.3, 0.4) is 0 Å². The Morgan fingerprint density at radius 2 is 0.778 bits per heavy atom. The lowest BCUT2D eigenvalue weighted by Crippen LogP contribution is -2.19. The van der Waals surface area contributed by atoms with Crippen molar-refractivity contribution in [3.63, 3.8) is 0 Å². The van der Waals surface area contributed by atoms with E-state index in [2.05, 4.69) is 9.47 Å². The second-order valence-electron chi connectivity index (χ2n) is 6.70. The zero-order valence-corrected chi connectivity index (χ0v) is 23.8. The standard InChI is InChI=1S/2C6H6.C5H12O3.2C4H8O2.2C2H6/c2*1-2-4-6-5-3-1;1-7-3-5(6)4-8-2;2*1-5-2-4-3-6-4;2*1-2/h2*1-6H;5-6H,3-4H2,1-2H3;2*4H,2-3H2,1H3;2*1-2H3. The number of rotatable bonds is 8. The summed E-state index contributed by atoms with van der Waals surface area (Å²) in [4.78, 5) is 0. The van der Waals surface area contributed by atoms with Crippen LogP contribution in [0.5, 0.6) is 0 Å². The smallest absolute Gasteiger partial charge is 0.104 e. The number of aliphatic hydroxyl groups excluding tert-OH is 1. The molecule has 2 aliphatic rings. The Bertz CT molecular complexity index is 459. The molecular formula is C29H52O7. The Balaban J connectivity index is -0.000000366. The molecule has 2 fully saturated rings. The molecule has 2 aromatic carbocycles. The number of hydrogen-bond donors (Lipinski definition) is 1. The molecule has 2 atom stereocenters. The molecule has 2 heterocycles. The number of epoxide rings is 2. The van der Waals surface area contributed by atoms with Crippen LogP contribution >= 0.6 is 0 Å². The van der Waals surface area contributed by atoms with Crippen LogP contribution in [0.25, 0.3) is 0 Å². The number of methoxy groups -OCH3 is 4. The summed E-state index contributed by atoms with van der Waals surface area (Å²) in [5.41, 5.74) is 0. The number of hydrogen-bond acceptors (Lipinski definition) is 7. The van der Waals surface area contributed by atoms with E-state index in [9.17, 15) is 0 Å². The first-order chi connectivity index (χ1) is 17.7. The maximum absolute atomic E-state index is 8.80.